The van der Waals surface area contributed by atoms with Gasteiger partial charge in [0.05, 0.1) is 36.8 Å². The number of aliphatic hydroxyl groups is 3. The number of carboxylic acids is 1. The van der Waals surface area contributed by atoms with E-state index in [1.54, 1.807) is 0 Å². The van der Waals surface area contributed by atoms with E-state index >= 15 is 0 Å². The molecule has 0 heterocycles. The first-order valence-electron chi connectivity index (χ1n) is 14.6. The summed E-state index contributed by atoms with van der Waals surface area (Å²) in [6.07, 6.45) is 6.37. The first-order valence-corrected chi connectivity index (χ1v) is 14.6. The van der Waals surface area contributed by atoms with Crippen LogP contribution in [0.15, 0.2) is 11.6 Å². The minimum atomic E-state index is -0.954. The zero-order chi connectivity index (χ0) is 28.1. The Labute approximate surface area is 227 Å². The lowest BCUT2D eigenvalue weighted by Crippen LogP contribution is -2.68. The molecule has 5 rings (SSSR count). The van der Waals surface area contributed by atoms with Crippen LogP contribution in [0, 0.1) is 50.2 Å². The molecule has 0 aromatic carbocycles. The Bertz CT molecular complexity index is 1050. The lowest BCUT2D eigenvalue weighted by molar-refractivity contribution is -0.243. The third-order valence-corrected chi connectivity index (χ3v) is 13.6. The molecule has 0 aromatic heterocycles. The molecule has 0 spiro atoms. The van der Waals surface area contributed by atoms with Crippen molar-refractivity contribution < 1.29 is 34.8 Å². The molecule has 38 heavy (non-hydrogen) atoms. The van der Waals surface area contributed by atoms with Gasteiger partial charge >= 0.3 is 11.9 Å². The lowest BCUT2D eigenvalue weighted by Gasteiger charge is -2.71. The number of allylic oxidation sites excluding steroid dienone is 2. The maximum Gasteiger partial charge on any atom is 0.311 e. The number of carbonyl (C=O) groups excluding carboxylic acids is 1. The van der Waals surface area contributed by atoms with Gasteiger partial charge in [0, 0.05) is 5.41 Å². The number of carbonyl (C=O) groups is 2. The van der Waals surface area contributed by atoms with Crippen LogP contribution >= 0.6 is 0 Å². The number of ether oxygens (including phenoxy) is 1. The van der Waals surface area contributed by atoms with E-state index in [9.17, 15) is 30.0 Å². The second-order valence-electron chi connectivity index (χ2n) is 14.9. The molecule has 214 valence electrons. The van der Waals surface area contributed by atoms with Crippen LogP contribution in [0.4, 0.5) is 0 Å². The molecule has 0 amide bonds. The topological polar surface area (TPSA) is 124 Å². The van der Waals surface area contributed by atoms with Gasteiger partial charge in [-0.05, 0) is 98.7 Å². The van der Waals surface area contributed by atoms with Crippen LogP contribution < -0.4 is 0 Å². The molecule has 7 heteroatoms. The van der Waals surface area contributed by atoms with E-state index in [1.807, 2.05) is 13.8 Å². The Morgan fingerprint density at radius 2 is 1.63 bits per heavy atom. The van der Waals surface area contributed by atoms with Gasteiger partial charge in [0.15, 0.2) is 0 Å². The summed E-state index contributed by atoms with van der Waals surface area (Å²) in [6, 6.07) is 0. The number of aliphatic carboxylic acids is 1. The van der Waals surface area contributed by atoms with Crippen LogP contribution in [0.3, 0.4) is 0 Å². The van der Waals surface area contributed by atoms with Crippen molar-refractivity contribution in [2.45, 2.75) is 105 Å². The summed E-state index contributed by atoms with van der Waals surface area (Å²) in [7, 11) is 1.41. The van der Waals surface area contributed by atoms with Crippen LogP contribution in [0.2, 0.25) is 0 Å². The number of hydrogen-bond donors (Lipinski definition) is 4. The van der Waals surface area contributed by atoms with Crippen molar-refractivity contribution in [2.75, 3.05) is 13.7 Å². The molecule has 0 saturated heterocycles. The van der Waals surface area contributed by atoms with Crippen LogP contribution in [-0.4, -0.2) is 58.3 Å². The summed E-state index contributed by atoms with van der Waals surface area (Å²) in [4.78, 5) is 25.8. The largest absolute Gasteiger partial charge is 0.481 e. The predicted molar refractivity (Wildman–Crippen MR) is 142 cm³/mol. The summed E-state index contributed by atoms with van der Waals surface area (Å²) in [6.45, 7) is 10.6. The third-order valence-electron chi connectivity index (χ3n) is 13.6. The lowest BCUT2D eigenvalue weighted by atomic mass is 9.33. The van der Waals surface area contributed by atoms with Gasteiger partial charge in [-0.25, -0.2) is 0 Å². The highest BCUT2D eigenvalue weighted by atomic mass is 16.5. The fraction of sp³-hybridized carbons (Fsp3) is 0.871. The molecule has 0 aromatic rings. The average Bonchev–Trinajstić information content (AvgIpc) is 2.87. The third kappa shape index (κ3) is 3.24. The number of fused-ring (bicyclic) bond motifs is 7. The maximum absolute atomic E-state index is 12.9. The highest BCUT2D eigenvalue weighted by Gasteiger charge is 2.71. The van der Waals surface area contributed by atoms with Gasteiger partial charge in [0.1, 0.15) is 0 Å². The molecule has 7 nitrogen and oxygen atoms in total. The van der Waals surface area contributed by atoms with Crippen molar-refractivity contribution in [3.8, 4) is 0 Å². The second-order valence-corrected chi connectivity index (χ2v) is 14.9. The zero-order valence-electron chi connectivity index (χ0n) is 24.0. The average molecular weight is 533 g/mol. The zero-order valence-corrected chi connectivity index (χ0v) is 24.0. The quantitative estimate of drug-likeness (QED) is 0.315. The number of aliphatic hydroxyl groups excluding tert-OH is 3. The van der Waals surface area contributed by atoms with Crippen molar-refractivity contribution in [3.05, 3.63) is 11.6 Å². The van der Waals surface area contributed by atoms with Crippen LogP contribution in [0.1, 0.15) is 92.4 Å². The Kier molecular flexibility index (Phi) is 6.31. The standard InChI is InChI=1S/C31H48O7/c1-26(25(37)38-6)11-13-31(24(35)36)14-12-29(4)18(19(31)15-26)7-8-22-27(2)16-20(33)23(34)28(3,17-32)21(27)9-10-30(22,29)5/h7,19-23,32-34H,8-17H2,1-6H3,(H,35,36)/t19-,20+,21-,22-,23+,26-,27-,28-,29-,30-,31+/m1/s1. The minimum absolute atomic E-state index is 0.0778. The molecule has 0 radical (unpaired) electrons. The molecule has 11 atom stereocenters. The Morgan fingerprint density at radius 3 is 2.24 bits per heavy atom. The molecule has 4 saturated carbocycles. The van der Waals surface area contributed by atoms with E-state index in [0.29, 0.717) is 32.1 Å². The summed E-state index contributed by atoms with van der Waals surface area (Å²) >= 11 is 0. The molecule has 5 aliphatic rings. The molecule has 0 unspecified atom stereocenters. The van der Waals surface area contributed by atoms with Crippen molar-refractivity contribution in [1.82, 2.24) is 0 Å². The van der Waals surface area contributed by atoms with E-state index in [1.165, 1.54) is 12.7 Å². The van der Waals surface area contributed by atoms with Gasteiger partial charge in [-0.15, -0.1) is 0 Å². The van der Waals surface area contributed by atoms with Gasteiger partial charge in [0.25, 0.3) is 0 Å². The summed E-state index contributed by atoms with van der Waals surface area (Å²) in [5.41, 5.74) is -1.76. The summed E-state index contributed by atoms with van der Waals surface area (Å²) in [5.74, 6) is -0.919. The SMILES string of the molecule is COC(=O)[C@]1(C)CC[C@]2(C(=O)O)CC[C@]3(C)C(=CC[C@@H]4[C@]5(C)C[C@H](O)[C@H](O)[C@](C)(CO)[C@@H]5CC[C@]43C)[C@H]2C1. The number of hydrogen-bond acceptors (Lipinski definition) is 6. The van der Waals surface area contributed by atoms with Crippen molar-refractivity contribution >= 4 is 11.9 Å². The molecule has 0 aliphatic heterocycles. The molecule has 0 bridgehead atoms. The number of esters is 1. The Balaban J connectivity index is 1.61. The van der Waals surface area contributed by atoms with Crippen molar-refractivity contribution in [3.63, 3.8) is 0 Å². The van der Waals surface area contributed by atoms with Crippen LogP contribution in [0.25, 0.3) is 0 Å². The first kappa shape index (κ1) is 28.1. The second kappa shape index (κ2) is 8.53. The van der Waals surface area contributed by atoms with Gasteiger partial charge < -0.3 is 25.2 Å². The van der Waals surface area contributed by atoms with E-state index in [4.69, 9.17) is 4.74 Å². The van der Waals surface area contributed by atoms with Crippen LogP contribution in [-0.2, 0) is 14.3 Å². The monoisotopic (exact) mass is 532 g/mol. The van der Waals surface area contributed by atoms with Gasteiger partial charge in [-0.3, -0.25) is 9.59 Å². The van der Waals surface area contributed by atoms with E-state index in [-0.39, 0.29) is 46.6 Å². The van der Waals surface area contributed by atoms with E-state index < -0.39 is 34.4 Å². The smallest absolute Gasteiger partial charge is 0.311 e. The predicted octanol–water partition coefficient (Wildman–Crippen LogP) is 4.33. The Morgan fingerprint density at radius 1 is 0.974 bits per heavy atom. The van der Waals surface area contributed by atoms with Crippen LogP contribution in [0.5, 0.6) is 0 Å². The van der Waals surface area contributed by atoms with E-state index in [2.05, 4.69) is 26.8 Å². The molecule has 4 N–H and O–H groups in total. The summed E-state index contributed by atoms with van der Waals surface area (Å²) < 4.78 is 5.18. The van der Waals surface area contributed by atoms with Gasteiger partial charge in [-0.1, -0.05) is 39.3 Å². The van der Waals surface area contributed by atoms with Gasteiger partial charge in [-0.2, -0.15) is 0 Å². The number of carboxylic acid groups (broad SMARTS) is 1. The summed E-state index contributed by atoms with van der Waals surface area (Å²) in [5, 5.41) is 43.0. The molecule has 4 fully saturated rings. The highest BCUT2D eigenvalue weighted by molar-refractivity contribution is 5.80. The van der Waals surface area contributed by atoms with E-state index in [0.717, 1.165) is 25.7 Å². The van der Waals surface area contributed by atoms with Gasteiger partial charge in [0.2, 0.25) is 0 Å². The minimum Gasteiger partial charge on any atom is -0.481 e. The van der Waals surface area contributed by atoms with Crippen molar-refractivity contribution in [1.29, 1.82) is 0 Å². The maximum atomic E-state index is 12.9. The molecular weight excluding hydrogens is 484 g/mol. The fourth-order valence-electron chi connectivity index (χ4n) is 11.0. The Hall–Kier alpha value is -1.44. The van der Waals surface area contributed by atoms with Crippen molar-refractivity contribution in [2.24, 2.45) is 50.2 Å². The normalized spacial score (nSPS) is 53.9. The number of methoxy groups -OCH3 is 1. The molecule has 5 aliphatic carbocycles. The first-order chi connectivity index (χ1) is 17.6. The highest BCUT2D eigenvalue weighted by Crippen LogP contribution is 2.75. The molecular formula is C31H48O7. The number of rotatable bonds is 3. The fourth-order valence-corrected chi connectivity index (χ4v) is 11.0.